The number of benzene rings is 1. The fourth-order valence-electron chi connectivity index (χ4n) is 2.43. The number of anilines is 1. The molecular weight excluding hydrogens is 326 g/mol. The maximum Gasteiger partial charge on any atom is 0.238 e. The summed E-state index contributed by atoms with van der Waals surface area (Å²) in [5, 5.41) is 6.39. The van der Waals surface area contributed by atoms with Gasteiger partial charge in [0.05, 0.1) is 13.1 Å². The van der Waals surface area contributed by atoms with Crippen molar-refractivity contribution in [3.63, 3.8) is 0 Å². The molecule has 24 heavy (non-hydrogen) atoms. The van der Waals surface area contributed by atoms with Crippen molar-refractivity contribution < 1.29 is 9.59 Å². The van der Waals surface area contributed by atoms with E-state index in [2.05, 4.69) is 17.6 Å². The van der Waals surface area contributed by atoms with Crippen LogP contribution in [-0.2, 0) is 9.59 Å². The van der Waals surface area contributed by atoms with Crippen LogP contribution >= 0.6 is 11.6 Å². The maximum absolute atomic E-state index is 12.2. The standard InChI is InChI=1S/C18H28ClN3O2/c1-5-7-14(4)20-17(23)11-22(6-2)12-18(24)21-16-10-15(19)9-8-13(16)3/h8-10,14H,5-7,11-12H2,1-4H3,(H,20,23)(H,21,24)/t14-/m1/s1. The molecule has 2 N–H and O–H groups in total. The van der Waals surface area contributed by atoms with Crippen LogP contribution in [0.3, 0.4) is 0 Å². The molecule has 0 aliphatic rings. The zero-order valence-electron chi connectivity index (χ0n) is 15.0. The third-order valence-corrected chi connectivity index (χ3v) is 4.02. The smallest absolute Gasteiger partial charge is 0.238 e. The molecule has 0 saturated carbocycles. The van der Waals surface area contributed by atoms with Gasteiger partial charge < -0.3 is 10.6 Å². The zero-order valence-corrected chi connectivity index (χ0v) is 15.7. The molecule has 0 aliphatic heterocycles. The van der Waals surface area contributed by atoms with Crippen LogP contribution in [0.1, 0.15) is 39.2 Å². The van der Waals surface area contributed by atoms with Gasteiger partial charge in [-0.2, -0.15) is 0 Å². The Morgan fingerprint density at radius 2 is 1.88 bits per heavy atom. The molecule has 1 aromatic rings. The van der Waals surface area contributed by atoms with Crippen molar-refractivity contribution in [2.45, 2.75) is 46.6 Å². The van der Waals surface area contributed by atoms with Crippen LogP contribution in [0.5, 0.6) is 0 Å². The number of carbonyl (C=O) groups is 2. The van der Waals surface area contributed by atoms with Gasteiger partial charge in [0.2, 0.25) is 11.8 Å². The summed E-state index contributed by atoms with van der Waals surface area (Å²) in [4.78, 5) is 26.1. The first-order chi connectivity index (χ1) is 11.3. The van der Waals surface area contributed by atoms with Crippen LogP contribution in [0.4, 0.5) is 5.69 Å². The number of aryl methyl sites for hydroxylation is 1. The normalized spacial score (nSPS) is 12.1. The third kappa shape index (κ3) is 7.32. The lowest BCUT2D eigenvalue weighted by Gasteiger charge is -2.21. The predicted molar refractivity (Wildman–Crippen MR) is 99.4 cm³/mol. The summed E-state index contributed by atoms with van der Waals surface area (Å²) < 4.78 is 0. The van der Waals surface area contributed by atoms with E-state index in [1.54, 1.807) is 12.1 Å². The maximum atomic E-state index is 12.2. The van der Waals surface area contributed by atoms with E-state index in [-0.39, 0.29) is 30.9 Å². The summed E-state index contributed by atoms with van der Waals surface area (Å²) in [6, 6.07) is 5.53. The van der Waals surface area contributed by atoms with Gasteiger partial charge >= 0.3 is 0 Å². The number of halogens is 1. The molecule has 0 heterocycles. The van der Waals surface area contributed by atoms with Crippen LogP contribution < -0.4 is 10.6 Å². The Labute approximate surface area is 149 Å². The van der Waals surface area contributed by atoms with Gasteiger partial charge in [-0.25, -0.2) is 0 Å². The van der Waals surface area contributed by atoms with Crippen molar-refractivity contribution >= 4 is 29.1 Å². The number of hydrogen-bond acceptors (Lipinski definition) is 3. The topological polar surface area (TPSA) is 61.4 Å². The van der Waals surface area contributed by atoms with Crippen molar-refractivity contribution in [3.05, 3.63) is 28.8 Å². The third-order valence-electron chi connectivity index (χ3n) is 3.78. The summed E-state index contributed by atoms with van der Waals surface area (Å²) in [7, 11) is 0. The van der Waals surface area contributed by atoms with Crippen molar-refractivity contribution in [1.82, 2.24) is 10.2 Å². The van der Waals surface area contributed by atoms with Gasteiger partial charge in [0, 0.05) is 16.8 Å². The molecular formula is C18H28ClN3O2. The number of rotatable bonds is 9. The zero-order chi connectivity index (χ0) is 18.1. The molecule has 0 spiro atoms. The summed E-state index contributed by atoms with van der Waals surface area (Å²) >= 11 is 5.96. The largest absolute Gasteiger partial charge is 0.353 e. The van der Waals surface area contributed by atoms with E-state index in [1.807, 2.05) is 31.7 Å². The van der Waals surface area contributed by atoms with Gasteiger partial charge in [0.25, 0.3) is 0 Å². The number of carbonyl (C=O) groups excluding carboxylic acids is 2. The Morgan fingerprint density at radius 3 is 2.50 bits per heavy atom. The van der Waals surface area contributed by atoms with Gasteiger partial charge in [0.1, 0.15) is 0 Å². The van der Waals surface area contributed by atoms with Gasteiger partial charge in [-0.3, -0.25) is 14.5 Å². The highest BCUT2D eigenvalue weighted by molar-refractivity contribution is 6.31. The Balaban J connectivity index is 2.53. The molecule has 0 radical (unpaired) electrons. The summed E-state index contributed by atoms with van der Waals surface area (Å²) in [6.45, 7) is 8.92. The first-order valence-corrected chi connectivity index (χ1v) is 8.81. The lowest BCUT2D eigenvalue weighted by atomic mass is 10.2. The SMILES string of the molecule is CCC[C@@H](C)NC(=O)CN(CC)CC(=O)Nc1cc(Cl)ccc1C. The van der Waals surface area contributed by atoms with Gasteiger partial charge in [-0.15, -0.1) is 0 Å². The fourth-order valence-corrected chi connectivity index (χ4v) is 2.60. The van der Waals surface area contributed by atoms with E-state index in [4.69, 9.17) is 11.6 Å². The first kappa shape index (κ1) is 20.5. The van der Waals surface area contributed by atoms with Crippen molar-refractivity contribution in [1.29, 1.82) is 0 Å². The average molecular weight is 354 g/mol. The Kier molecular flexibility index (Phi) is 8.79. The molecule has 0 aliphatic carbocycles. The second kappa shape index (κ2) is 10.3. The molecule has 1 aromatic carbocycles. The molecule has 6 heteroatoms. The van der Waals surface area contributed by atoms with E-state index < -0.39 is 0 Å². The van der Waals surface area contributed by atoms with Crippen LogP contribution in [0, 0.1) is 6.92 Å². The predicted octanol–water partition coefficient (Wildman–Crippen LogP) is 3.21. The second-order valence-corrected chi connectivity index (χ2v) is 6.50. The van der Waals surface area contributed by atoms with Crippen molar-refractivity contribution in [2.24, 2.45) is 0 Å². The van der Waals surface area contributed by atoms with Crippen molar-refractivity contribution in [3.8, 4) is 0 Å². The molecule has 2 amide bonds. The number of amides is 2. The Bertz CT molecular complexity index is 563. The van der Waals surface area contributed by atoms with Crippen LogP contribution in [-0.4, -0.2) is 42.4 Å². The first-order valence-electron chi connectivity index (χ1n) is 8.43. The quantitative estimate of drug-likeness (QED) is 0.716. The number of nitrogens with one attached hydrogen (secondary N) is 2. The lowest BCUT2D eigenvalue weighted by Crippen LogP contribution is -2.43. The van der Waals surface area contributed by atoms with Crippen LogP contribution in [0.15, 0.2) is 18.2 Å². The fraction of sp³-hybridized carbons (Fsp3) is 0.556. The number of likely N-dealkylation sites (N-methyl/N-ethyl adjacent to an activating group) is 1. The van der Waals surface area contributed by atoms with Crippen molar-refractivity contribution in [2.75, 3.05) is 25.0 Å². The molecule has 1 atom stereocenters. The van der Waals surface area contributed by atoms with E-state index in [0.29, 0.717) is 17.3 Å². The minimum Gasteiger partial charge on any atom is -0.353 e. The average Bonchev–Trinajstić information content (AvgIpc) is 2.50. The Hall–Kier alpha value is -1.59. The highest BCUT2D eigenvalue weighted by Crippen LogP contribution is 2.20. The minimum absolute atomic E-state index is 0.0514. The number of hydrogen-bond donors (Lipinski definition) is 2. The van der Waals surface area contributed by atoms with E-state index in [1.165, 1.54) is 0 Å². The highest BCUT2D eigenvalue weighted by Gasteiger charge is 2.15. The van der Waals surface area contributed by atoms with Gasteiger partial charge in [-0.05, 0) is 44.5 Å². The summed E-state index contributed by atoms with van der Waals surface area (Å²) in [5.74, 6) is -0.207. The molecule has 1 rings (SSSR count). The Morgan fingerprint density at radius 1 is 1.21 bits per heavy atom. The van der Waals surface area contributed by atoms with E-state index in [9.17, 15) is 9.59 Å². The summed E-state index contributed by atoms with van der Waals surface area (Å²) in [6.07, 6.45) is 1.98. The van der Waals surface area contributed by atoms with Gasteiger partial charge in [0.15, 0.2) is 0 Å². The van der Waals surface area contributed by atoms with E-state index in [0.717, 1.165) is 18.4 Å². The molecule has 0 bridgehead atoms. The molecule has 134 valence electrons. The highest BCUT2D eigenvalue weighted by atomic mass is 35.5. The minimum atomic E-state index is -0.156. The summed E-state index contributed by atoms with van der Waals surface area (Å²) in [5.41, 5.74) is 1.64. The molecule has 0 unspecified atom stereocenters. The van der Waals surface area contributed by atoms with Crippen LogP contribution in [0.2, 0.25) is 5.02 Å². The molecule has 0 fully saturated rings. The monoisotopic (exact) mass is 353 g/mol. The molecule has 0 saturated heterocycles. The van der Waals surface area contributed by atoms with E-state index >= 15 is 0 Å². The molecule has 0 aromatic heterocycles. The lowest BCUT2D eigenvalue weighted by molar-refractivity contribution is -0.123. The number of nitrogens with zero attached hydrogens (tertiary/aromatic N) is 1. The second-order valence-electron chi connectivity index (χ2n) is 6.07. The van der Waals surface area contributed by atoms with Gasteiger partial charge in [-0.1, -0.05) is 37.9 Å². The molecule has 5 nitrogen and oxygen atoms in total. The van der Waals surface area contributed by atoms with Crippen LogP contribution in [0.25, 0.3) is 0 Å².